The Labute approximate surface area is 200 Å². The van der Waals surface area contributed by atoms with E-state index in [1.165, 1.54) is 4.90 Å². The topological polar surface area (TPSA) is 117 Å². The minimum atomic E-state index is -0.940. The van der Waals surface area contributed by atoms with Crippen molar-refractivity contribution in [2.24, 2.45) is 11.8 Å². The number of likely N-dealkylation sites (tertiary alicyclic amines) is 2. The molecule has 3 amide bonds. The van der Waals surface area contributed by atoms with Gasteiger partial charge in [0.05, 0.1) is 5.92 Å². The molecule has 1 aromatic rings. The number of hydrogen-bond donors (Lipinski definition) is 3. The number of anilines is 1. The quantitative estimate of drug-likeness (QED) is 0.446. The molecule has 3 aliphatic rings. The van der Waals surface area contributed by atoms with Gasteiger partial charge in [0, 0.05) is 51.0 Å². The van der Waals surface area contributed by atoms with Crippen molar-refractivity contribution < 1.29 is 24.7 Å². The zero-order valence-corrected chi connectivity index (χ0v) is 19.7. The summed E-state index contributed by atoms with van der Waals surface area (Å²) < 4.78 is 0. The lowest BCUT2D eigenvalue weighted by atomic mass is 9.76. The van der Waals surface area contributed by atoms with E-state index < -0.39 is 24.0 Å². The third-order valence-corrected chi connectivity index (χ3v) is 7.69. The van der Waals surface area contributed by atoms with Crippen LogP contribution in [0.25, 0.3) is 0 Å². The Bertz CT molecular complexity index is 876. The maximum atomic E-state index is 13.6. The summed E-state index contributed by atoms with van der Waals surface area (Å²) in [6, 6.07) is 9.21. The molecule has 3 fully saturated rings. The maximum Gasteiger partial charge on any atom is 0.407 e. The molecule has 3 N–H and O–H groups in total. The zero-order valence-electron chi connectivity index (χ0n) is 19.7. The lowest BCUT2D eigenvalue weighted by Gasteiger charge is -2.48. The molecule has 1 unspecified atom stereocenters. The second-order valence-electron chi connectivity index (χ2n) is 9.65. The first-order chi connectivity index (χ1) is 16.4. The normalized spacial score (nSPS) is 28.5. The molecule has 0 spiro atoms. The van der Waals surface area contributed by atoms with E-state index in [0.717, 1.165) is 24.9 Å². The lowest BCUT2D eigenvalue weighted by molar-refractivity contribution is -0.151. The number of likely N-dealkylation sites (N-methyl/N-ethyl adjacent to an activating group) is 1. The molecule has 0 aliphatic carbocycles. The van der Waals surface area contributed by atoms with Crippen LogP contribution in [0.4, 0.5) is 10.5 Å². The predicted molar refractivity (Wildman–Crippen MR) is 126 cm³/mol. The van der Waals surface area contributed by atoms with E-state index in [9.17, 15) is 24.7 Å². The van der Waals surface area contributed by atoms with Crippen LogP contribution in [0.3, 0.4) is 0 Å². The van der Waals surface area contributed by atoms with Gasteiger partial charge in [0.2, 0.25) is 11.8 Å². The van der Waals surface area contributed by atoms with Crippen molar-refractivity contribution in [3.05, 3.63) is 30.3 Å². The number of piperazine rings is 1. The van der Waals surface area contributed by atoms with E-state index >= 15 is 0 Å². The summed E-state index contributed by atoms with van der Waals surface area (Å²) in [5.41, 5.74) is 2.88. The molecule has 4 rings (SSSR count). The number of carbonyl (C=O) groups excluding carboxylic acids is 2. The standard InChI is InChI=1S/C24H35N5O5/c1-26-16-17(20-9-5-6-10-29(20)24(32)33)15-19(22(30)25-34)21(26)23(31)28-13-11-27(12-14-28)18-7-3-2-4-8-18/h2-4,7-8,17,19-21,34H,5-6,9-16H2,1H3,(H,25,30)(H,32,33)/t17-,19-,20?,21-/m0/s1. The zero-order chi connectivity index (χ0) is 24.2. The molecule has 0 saturated carbocycles. The van der Waals surface area contributed by atoms with Crippen LogP contribution in [0.15, 0.2) is 30.3 Å². The third kappa shape index (κ3) is 4.97. The van der Waals surface area contributed by atoms with Crippen LogP contribution in [0, 0.1) is 11.8 Å². The molecule has 3 saturated heterocycles. The Kier molecular flexibility index (Phi) is 7.57. The molecule has 0 aromatic heterocycles. The fourth-order valence-electron chi connectivity index (χ4n) is 5.99. The highest BCUT2D eigenvalue weighted by molar-refractivity contribution is 5.90. The van der Waals surface area contributed by atoms with Crippen LogP contribution in [-0.4, -0.2) is 101 Å². The summed E-state index contributed by atoms with van der Waals surface area (Å²) in [6.45, 7) is 3.56. The molecular weight excluding hydrogens is 438 g/mol. The van der Waals surface area contributed by atoms with Gasteiger partial charge in [0.1, 0.15) is 6.04 Å². The summed E-state index contributed by atoms with van der Waals surface area (Å²) in [7, 11) is 1.82. The SMILES string of the molecule is CN1C[C@@H](C2CCCCN2C(=O)O)C[C@H](C(=O)NO)[C@H]1C(=O)N1CCN(c2ccccc2)CC1. The van der Waals surface area contributed by atoms with E-state index in [1.807, 2.05) is 35.0 Å². The van der Waals surface area contributed by atoms with Gasteiger partial charge in [-0.15, -0.1) is 0 Å². The molecular formula is C24H35N5O5. The molecule has 1 aromatic carbocycles. The Morgan fingerprint density at radius 3 is 2.35 bits per heavy atom. The molecule has 10 nitrogen and oxygen atoms in total. The highest BCUT2D eigenvalue weighted by Gasteiger charge is 2.47. The predicted octanol–water partition coefficient (Wildman–Crippen LogP) is 1.31. The fraction of sp³-hybridized carbons (Fsp3) is 0.625. The van der Waals surface area contributed by atoms with E-state index in [0.29, 0.717) is 45.7 Å². The molecule has 10 heteroatoms. The number of hydroxylamine groups is 1. The van der Waals surface area contributed by atoms with Gasteiger partial charge in [-0.25, -0.2) is 10.3 Å². The number of carboxylic acid groups (broad SMARTS) is 1. The van der Waals surface area contributed by atoms with Gasteiger partial charge in [-0.2, -0.15) is 0 Å². The Hall–Kier alpha value is -2.85. The number of piperidine rings is 2. The van der Waals surface area contributed by atoms with Crippen LogP contribution in [0.1, 0.15) is 25.7 Å². The van der Waals surface area contributed by atoms with Crippen molar-refractivity contribution in [3.63, 3.8) is 0 Å². The fourth-order valence-corrected chi connectivity index (χ4v) is 5.99. The van der Waals surface area contributed by atoms with E-state index in [4.69, 9.17) is 0 Å². The Balaban J connectivity index is 1.46. The van der Waals surface area contributed by atoms with Crippen LogP contribution in [-0.2, 0) is 9.59 Å². The van der Waals surface area contributed by atoms with E-state index in [1.54, 1.807) is 5.48 Å². The van der Waals surface area contributed by atoms with Crippen LogP contribution >= 0.6 is 0 Å². The number of amides is 3. The largest absolute Gasteiger partial charge is 0.465 e. The van der Waals surface area contributed by atoms with Gasteiger partial charge >= 0.3 is 6.09 Å². The van der Waals surface area contributed by atoms with Crippen LogP contribution in [0.2, 0.25) is 0 Å². The molecule has 34 heavy (non-hydrogen) atoms. The number of nitrogens with zero attached hydrogens (tertiary/aromatic N) is 4. The Morgan fingerprint density at radius 1 is 1.00 bits per heavy atom. The van der Waals surface area contributed by atoms with Crippen molar-refractivity contribution >= 4 is 23.6 Å². The summed E-state index contributed by atoms with van der Waals surface area (Å²) >= 11 is 0. The van der Waals surface area contributed by atoms with Gasteiger partial charge in [-0.1, -0.05) is 18.2 Å². The highest BCUT2D eigenvalue weighted by Crippen LogP contribution is 2.35. The molecule has 3 heterocycles. The second kappa shape index (κ2) is 10.6. The number of rotatable bonds is 4. The summed E-state index contributed by atoms with van der Waals surface area (Å²) in [4.78, 5) is 45.5. The van der Waals surface area contributed by atoms with Crippen molar-refractivity contribution in [2.45, 2.75) is 37.8 Å². The lowest BCUT2D eigenvalue weighted by Crippen LogP contribution is -2.63. The third-order valence-electron chi connectivity index (χ3n) is 7.69. The van der Waals surface area contributed by atoms with Crippen LogP contribution in [0.5, 0.6) is 0 Å². The molecule has 4 atom stereocenters. The monoisotopic (exact) mass is 473 g/mol. The molecule has 186 valence electrons. The number of hydrogen-bond acceptors (Lipinski definition) is 6. The van der Waals surface area contributed by atoms with Gasteiger partial charge in [0.15, 0.2) is 0 Å². The maximum absolute atomic E-state index is 13.6. The van der Waals surface area contributed by atoms with Crippen LogP contribution < -0.4 is 10.4 Å². The smallest absolute Gasteiger partial charge is 0.407 e. The molecule has 0 radical (unpaired) electrons. The molecule has 0 bridgehead atoms. The summed E-state index contributed by atoms with van der Waals surface area (Å²) in [5, 5.41) is 19.1. The number of carbonyl (C=O) groups is 3. The summed E-state index contributed by atoms with van der Waals surface area (Å²) in [5.74, 6) is -1.52. The van der Waals surface area contributed by atoms with E-state index in [-0.39, 0.29) is 17.9 Å². The van der Waals surface area contributed by atoms with E-state index in [2.05, 4.69) is 17.0 Å². The highest BCUT2D eigenvalue weighted by atomic mass is 16.5. The van der Waals surface area contributed by atoms with Gasteiger partial charge in [-0.3, -0.25) is 19.7 Å². The number of para-hydroxylation sites is 1. The summed E-state index contributed by atoms with van der Waals surface area (Å²) in [6.07, 6.45) is 1.95. The molecule has 3 aliphatic heterocycles. The Morgan fingerprint density at radius 2 is 1.71 bits per heavy atom. The minimum Gasteiger partial charge on any atom is -0.465 e. The number of nitrogens with one attached hydrogen (secondary N) is 1. The first kappa shape index (κ1) is 24.3. The van der Waals surface area contributed by atoms with Gasteiger partial charge in [0.25, 0.3) is 0 Å². The number of benzene rings is 1. The van der Waals surface area contributed by atoms with Crippen molar-refractivity contribution in [1.29, 1.82) is 0 Å². The van der Waals surface area contributed by atoms with Gasteiger partial charge in [-0.05, 0) is 50.8 Å². The average Bonchev–Trinajstić information content (AvgIpc) is 2.88. The van der Waals surface area contributed by atoms with Crippen molar-refractivity contribution in [2.75, 3.05) is 51.2 Å². The van der Waals surface area contributed by atoms with Crippen molar-refractivity contribution in [3.8, 4) is 0 Å². The second-order valence-corrected chi connectivity index (χ2v) is 9.65. The first-order valence-electron chi connectivity index (χ1n) is 12.1. The van der Waals surface area contributed by atoms with Crippen molar-refractivity contribution in [1.82, 2.24) is 20.2 Å². The average molecular weight is 474 g/mol. The first-order valence-corrected chi connectivity index (χ1v) is 12.1. The minimum absolute atomic E-state index is 0.0809. The van der Waals surface area contributed by atoms with Gasteiger partial charge < -0.3 is 19.8 Å².